The van der Waals surface area contributed by atoms with E-state index in [1.807, 2.05) is 30.3 Å². The minimum absolute atomic E-state index is 0.313. The molecule has 1 atom stereocenters. The SMILES string of the molecule is CC(C)(C)OC(=O)NC(=O)[C@@H]1CCCN1CCNC(=S)Nc1ccccc1. The molecular formula is C19H28N4O3S. The van der Waals surface area contributed by atoms with Gasteiger partial charge in [0.05, 0.1) is 6.04 Å². The number of carbonyl (C=O) groups is 2. The number of ether oxygens (including phenoxy) is 1. The molecule has 1 aromatic rings. The normalized spacial score (nSPS) is 17.2. The molecule has 2 amide bonds. The third-order valence-corrected chi connectivity index (χ3v) is 4.25. The number of amides is 2. The van der Waals surface area contributed by atoms with Crippen LogP contribution in [0.1, 0.15) is 33.6 Å². The van der Waals surface area contributed by atoms with Gasteiger partial charge in [-0.2, -0.15) is 0 Å². The zero-order valence-electron chi connectivity index (χ0n) is 16.1. The topological polar surface area (TPSA) is 82.7 Å². The van der Waals surface area contributed by atoms with Crippen molar-refractivity contribution in [1.82, 2.24) is 15.5 Å². The quantitative estimate of drug-likeness (QED) is 0.664. The van der Waals surface area contributed by atoms with Crippen LogP contribution in [0.2, 0.25) is 0 Å². The molecule has 148 valence electrons. The number of rotatable bonds is 5. The first-order valence-corrected chi connectivity index (χ1v) is 9.53. The molecule has 0 radical (unpaired) electrons. The lowest BCUT2D eigenvalue weighted by Gasteiger charge is -2.25. The van der Waals surface area contributed by atoms with Gasteiger partial charge in [0.25, 0.3) is 0 Å². The van der Waals surface area contributed by atoms with E-state index in [4.69, 9.17) is 17.0 Å². The first kappa shape index (κ1) is 21.1. The fourth-order valence-corrected chi connectivity index (χ4v) is 3.11. The van der Waals surface area contributed by atoms with Crippen LogP contribution in [0.15, 0.2) is 30.3 Å². The molecule has 0 bridgehead atoms. The van der Waals surface area contributed by atoms with Crippen LogP contribution in [0.5, 0.6) is 0 Å². The predicted molar refractivity (Wildman–Crippen MR) is 110 cm³/mol. The number of para-hydroxylation sites is 1. The van der Waals surface area contributed by atoms with Crippen LogP contribution in [-0.2, 0) is 9.53 Å². The largest absolute Gasteiger partial charge is 0.444 e. The first-order valence-electron chi connectivity index (χ1n) is 9.12. The van der Waals surface area contributed by atoms with Crippen molar-refractivity contribution in [3.8, 4) is 0 Å². The Kier molecular flexibility index (Phi) is 7.55. The van der Waals surface area contributed by atoms with Crippen LogP contribution in [0.4, 0.5) is 10.5 Å². The van der Waals surface area contributed by atoms with Crippen molar-refractivity contribution < 1.29 is 14.3 Å². The van der Waals surface area contributed by atoms with Crippen LogP contribution in [0.3, 0.4) is 0 Å². The van der Waals surface area contributed by atoms with E-state index in [0.29, 0.717) is 18.2 Å². The molecule has 1 fully saturated rings. The monoisotopic (exact) mass is 392 g/mol. The summed E-state index contributed by atoms with van der Waals surface area (Å²) in [5, 5.41) is 9.13. The molecule has 0 saturated carbocycles. The van der Waals surface area contributed by atoms with E-state index in [-0.39, 0.29) is 11.9 Å². The Labute approximate surface area is 165 Å². The van der Waals surface area contributed by atoms with Gasteiger partial charge in [0.2, 0.25) is 5.91 Å². The number of alkyl carbamates (subject to hydrolysis) is 1. The number of anilines is 1. The smallest absolute Gasteiger partial charge is 0.414 e. The highest BCUT2D eigenvalue weighted by Crippen LogP contribution is 2.17. The van der Waals surface area contributed by atoms with Gasteiger partial charge in [-0.3, -0.25) is 15.0 Å². The van der Waals surface area contributed by atoms with Gasteiger partial charge in [0.15, 0.2) is 5.11 Å². The fourth-order valence-electron chi connectivity index (χ4n) is 2.89. The summed E-state index contributed by atoms with van der Waals surface area (Å²) >= 11 is 5.28. The molecule has 0 spiro atoms. The van der Waals surface area contributed by atoms with Crippen molar-refractivity contribution in [2.24, 2.45) is 0 Å². The summed E-state index contributed by atoms with van der Waals surface area (Å²) in [5.41, 5.74) is 0.288. The minimum atomic E-state index is -0.703. The molecule has 8 heteroatoms. The zero-order valence-corrected chi connectivity index (χ0v) is 16.9. The molecule has 1 heterocycles. The highest BCUT2D eigenvalue weighted by Gasteiger charge is 2.32. The van der Waals surface area contributed by atoms with Gasteiger partial charge in [-0.15, -0.1) is 0 Å². The van der Waals surface area contributed by atoms with Gasteiger partial charge in [0.1, 0.15) is 5.60 Å². The highest BCUT2D eigenvalue weighted by atomic mass is 32.1. The van der Waals surface area contributed by atoms with Gasteiger partial charge in [-0.25, -0.2) is 4.79 Å². The maximum atomic E-state index is 12.4. The zero-order chi connectivity index (χ0) is 19.9. The lowest BCUT2D eigenvalue weighted by molar-refractivity contribution is -0.125. The molecule has 0 unspecified atom stereocenters. The van der Waals surface area contributed by atoms with E-state index >= 15 is 0 Å². The summed E-state index contributed by atoms with van der Waals surface area (Å²) in [5.74, 6) is -0.313. The molecule has 3 N–H and O–H groups in total. The second-order valence-electron chi connectivity index (χ2n) is 7.43. The van der Waals surface area contributed by atoms with Gasteiger partial charge in [-0.1, -0.05) is 18.2 Å². The van der Waals surface area contributed by atoms with Gasteiger partial charge < -0.3 is 15.4 Å². The summed E-state index contributed by atoms with van der Waals surface area (Å²) in [4.78, 5) is 26.2. The van der Waals surface area contributed by atoms with Crippen molar-refractivity contribution in [3.63, 3.8) is 0 Å². The van der Waals surface area contributed by atoms with Gasteiger partial charge >= 0.3 is 6.09 Å². The number of hydrogen-bond donors (Lipinski definition) is 3. The number of thiocarbonyl (C=S) groups is 1. The molecule has 1 aliphatic heterocycles. The van der Waals surface area contributed by atoms with Crippen LogP contribution in [0.25, 0.3) is 0 Å². The lowest BCUT2D eigenvalue weighted by atomic mass is 10.2. The summed E-state index contributed by atoms with van der Waals surface area (Å²) in [6.07, 6.45) is 0.936. The number of likely N-dealkylation sites (tertiary alicyclic amines) is 1. The molecule has 1 saturated heterocycles. The third kappa shape index (κ3) is 7.52. The Morgan fingerprint density at radius 2 is 1.96 bits per heavy atom. The van der Waals surface area contributed by atoms with Gasteiger partial charge in [0, 0.05) is 18.8 Å². The second kappa shape index (κ2) is 9.66. The molecule has 1 aromatic carbocycles. The van der Waals surface area contributed by atoms with E-state index in [1.165, 1.54) is 0 Å². The van der Waals surface area contributed by atoms with Crippen LogP contribution in [-0.4, -0.2) is 53.3 Å². The Bertz CT molecular complexity index is 661. The average molecular weight is 393 g/mol. The second-order valence-corrected chi connectivity index (χ2v) is 7.84. The van der Waals surface area contributed by atoms with E-state index in [0.717, 1.165) is 25.1 Å². The Balaban J connectivity index is 1.74. The minimum Gasteiger partial charge on any atom is -0.444 e. The molecule has 2 rings (SSSR count). The molecule has 1 aliphatic rings. The number of hydrogen-bond acceptors (Lipinski definition) is 5. The molecule has 7 nitrogen and oxygen atoms in total. The highest BCUT2D eigenvalue weighted by molar-refractivity contribution is 7.80. The molecule has 27 heavy (non-hydrogen) atoms. The van der Waals surface area contributed by atoms with Crippen molar-refractivity contribution in [1.29, 1.82) is 0 Å². The third-order valence-electron chi connectivity index (χ3n) is 4.01. The molecular weight excluding hydrogens is 364 g/mol. The van der Waals surface area contributed by atoms with Crippen molar-refractivity contribution in [3.05, 3.63) is 30.3 Å². The number of benzene rings is 1. The van der Waals surface area contributed by atoms with Crippen LogP contribution < -0.4 is 16.0 Å². The van der Waals surface area contributed by atoms with Gasteiger partial charge in [-0.05, 0) is 64.5 Å². The summed E-state index contributed by atoms with van der Waals surface area (Å²) in [7, 11) is 0. The molecule has 0 aliphatic carbocycles. The molecule has 0 aromatic heterocycles. The van der Waals surface area contributed by atoms with E-state index in [1.54, 1.807) is 20.8 Å². The summed E-state index contributed by atoms with van der Waals surface area (Å²) in [6.45, 7) is 7.36. The number of nitrogens with zero attached hydrogens (tertiary/aromatic N) is 1. The lowest BCUT2D eigenvalue weighted by Crippen LogP contribution is -2.48. The van der Waals surface area contributed by atoms with Crippen LogP contribution in [0, 0.1) is 0 Å². The summed E-state index contributed by atoms with van der Waals surface area (Å²) < 4.78 is 5.15. The first-order chi connectivity index (χ1) is 12.7. The Morgan fingerprint density at radius 3 is 2.63 bits per heavy atom. The number of imide groups is 1. The predicted octanol–water partition coefficient (Wildman–Crippen LogP) is 2.49. The van der Waals surface area contributed by atoms with Crippen LogP contribution >= 0.6 is 12.2 Å². The summed E-state index contributed by atoms with van der Waals surface area (Å²) in [6, 6.07) is 9.36. The van der Waals surface area contributed by atoms with Crippen molar-refractivity contribution in [2.75, 3.05) is 25.0 Å². The van der Waals surface area contributed by atoms with Crippen molar-refractivity contribution >= 4 is 35.0 Å². The number of nitrogens with one attached hydrogen (secondary N) is 3. The van der Waals surface area contributed by atoms with E-state index in [9.17, 15) is 9.59 Å². The number of carbonyl (C=O) groups excluding carboxylic acids is 2. The maximum absolute atomic E-state index is 12.4. The van der Waals surface area contributed by atoms with E-state index in [2.05, 4.69) is 20.9 Å². The average Bonchev–Trinajstić information content (AvgIpc) is 3.02. The van der Waals surface area contributed by atoms with Crippen molar-refractivity contribution in [2.45, 2.75) is 45.3 Å². The standard InChI is InChI=1S/C19H28N4O3S/c1-19(2,3)26-18(25)22-16(24)15-10-7-12-23(15)13-11-20-17(27)21-14-8-5-4-6-9-14/h4-6,8-9,15H,7,10-13H2,1-3H3,(H2,20,21,27)(H,22,24,25)/t15-/m0/s1. The fraction of sp³-hybridized carbons (Fsp3) is 0.526. The Morgan fingerprint density at radius 1 is 1.26 bits per heavy atom. The Hall–Kier alpha value is -2.19. The van der Waals surface area contributed by atoms with E-state index < -0.39 is 11.7 Å². The maximum Gasteiger partial charge on any atom is 0.414 e.